The third-order valence-electron chi connectivity index (χ3n) is 4.05. The molecular formula is C17H23NO3S. The van der Waals surface area contributed by atoms with Crippen LogP contribution in [0, 0.1) is 0 Å². The summed E-state index contributed by atoms with van der Waals surface area (Å²) in [7, 11) is 0. The average molecular weight is 321 g/mol. The predicted molar refractivity (Wildman–Crippen MR) is 89.4 cm³/mol. The molecule has 22 heavy (non-hydrogen) atoms. The molecule has 1 aromatic carbocycles. The lowest BCUT2D eigenvalue weighted by molar-refractivity contribution is -0.121. The number of thioether (sulfide) groups is 1. The van der Waals surface area contributed by atoms with Gasteiger partial charge in [0, 0.05) is 17.7 Å². The number of hydrogen-bond donors (Lipinski definition) is 2. The van der Waals surface area contributed by atoms with Gasteiger partial charge in [0.1, 0.15) is 0 Å². The first-order valence-corrected chi connectivity index (χ1v) is 8.89. The largest absolute Gasteiger partial charge is 0.478 e. The van der Waals surface area contributed by atoms with Crippen molar-refractivity contribution in [3.8, 4) is 0 Å². The molecule has 0 spiro atoms. The Labute approximate surface area is 135 Å². The van der Waals surface area contributed by atoms with Gasteiger partial charge in [0.15, 0.2) is 0 Å². The van der Waals surface area contributed by atoms with Crippen molar-refractivity contribution in [2.75, 3.05) is 5.75 Å². The van der Waals surface area contributed by atoms with Crippen molar-refractivity contribution in [2.24, 2.45) is 0 Å². The van der Waals surface area contributed by atoms with Crippen molar-refractivity contribution in [2.45, 2.75) is 50.3 Å². The highest BCUT2D eigenvalue weighted by Gasteiger charge is 2.28. The first-order chi connectivity index (χ1) is 10.6. The van der Waals surface area contributed by atoms with Crippen molar-refractivity contribution < 1.29 is 14.7 Å². The molecule has 2 N–H and O–H groups in total. The maximum absolute atomic E-state index is 12.1. The fourth-order valence-corrected chi connectivity index (χ4v) is 4.18. The quantitative estimate of drug-likeness (QED) is 0.810. The Morgan fingerprint density at radius 2 is 2.09 bits per heavy atom. The molecule has 120 valence electrons. The predicted octanol–water partition coefficient (Wildman–Crippen LogP) is 3.11. The second-order valence-electron chi connectivity index (χ2n) is 5.56. The molecule has 1 saturated carbocycles. The molecule has 0 aliphatic heterocycles. The molecule has 5 heteroatoms. The van der Waals surface area contributed by atoms with Gasteiger partial charge in [-0.15, -0.1) is 0 Å². The first kappa shape index (κ1) is 16.9. The number of carboxylic acid groups (broad SMARTS) is 1. The van der Waals surface area contributed by atoms with Gasteiger partial charge in [-0.1, -0.05) is 31.5 Å². The minimum absolute atomic E-state index is 0.0220. The summed E-state index contributed by atoms with van der Waals surface area (Å²) in [4.78, 5) is 23.3. The zero-order valence-corrected chi connectivity index (χ0v) is 13.7. The van der Waals surface area contributed by atoms with Crippen LogP contribution in [0.15, 0.2) is 24.3 Å². The van der Waals surface area contributed by atoms with E-state index in [-0.39, 0.29) is 17.5 Å². The Balaban J connectivity index is 1.87. The fraction of sp³-hybridized carbons (Fsp3) is 0.529. The van der Waals surface area contributed by atoms with Gasteiger partial charge < -0.3 is 10.4 Å². The molecule has 2 unspecified atom stereocenters. The second-order valence-corrected chi connectivity index (χ2v) is 7.08. The fourth-order valence-electron chi connectivity index (χ4n) is 2.98. The topological polar surface area (TPSA) is 66.4 Å². The SMILES string of the molecule is CCSC1CCCC1NC(=O)CCc1ccccc1C(=O)O. The molecule has 0 saturated heterocycles. The van der Waals surface area contributed by atoms with Crippen molar-refractivity contribution >= 4 is 23.6 Å². The zero-order chi connectivity index (χ0) is 15.9. The van der Waals surface area contributed by atoms with Crippen LogP contribution in [0.2, 0.25) is 0 Å². The van der Waals surface area contributed by atoms with Crippen molar-refractivity contribution in [1.82, 2.24) is 5.32 Å². The summed E-state index contributed by atoms with van der Waals surface area (Å²) in [5.74, 6) is 0.156. The van der Waals surface area contributed by atoms with Crippen LogP contribution in [0.25, 0.3) is 0 Å². The number of carbonyl (C=O) groups is 2. The van der Waals surface area contributed by atoms with Crippen LogP contribution in [0.1, 0.15) is 48.5 Å². The summed E-state index contributed by atoms with van der Waals surface area (Å²) >= 11 is 1.92. The van der Waals surface area contributed by atoms with Gasteiger partial charge in [0.05, 0.1) is 5.56 Å². The zero-order valence-electron chi connectivity index (χ0n) is 12.9. The monoisotopic (exact) mass is 321 g/mol. The highest BCUT2D eigenvalue weighted by atomic mass is 32.2. The molecule has 1 amide bonds. The number of rotatable bonds is 7. The van der Waals surface area contributed by atoms with Crippen LogP contribution in [-0.2, 0) is 11.2 Å². The van der Waals surface area contributed by atoms with E-state index in [4.69, 9.17) is 5.11 Å². The number of carboxylic acids is 1. The van der Waals surface area contributed by atoms with Gasteiger partial charge in [0.25, 0.3) is 0 Å². The molecule has 1 fully saturated rings. The number of nitrogens with one attached hydrogen (secondary N) is 1. The third kappa shape index (κ3) is 4.50. The van der Waals surface area contributed by atoms with Gasteiger partial charge in [-0.25, -0.2) is 4.79 Å². The lowest BCUT2D eigenvalue weighted by Gasteiger charge is -2.20. The summed E-state index contributed by atoms with van der Waals surface area (Å²) in [5.41, 5.74) is 1.01. The molecule has 2 rings (SSSR count). The molecule has 0 heterocycles. The van der Waals surface area contributed by atoms with E-state index in [2.05, 4.69) is 12.2 Å². The maximum Gasteiger partial charge on any atom is 0.335 e. The lowest BCUT2D eigenvalue weighted by atomic mass is 10.0. The number of aromatic carboxylic acids is 1. The highest BCUT2D eigenvalue weighted by Crippen LogP contribution is 2.29. The highest BCUT2D eigenvalue weighted by molar-refractivity contribution is 7.99. The summed E-state index contributed by atoms with van der Waals surface area (Å²) in [6.07, 6.45) is 4.20. The number of carbonyl (C=O) groups excluding carboxylic acids is 1. The van der Waals surface area contributed by atoms with E-state index in [1.807, 2.05) is 17.8 Å². The van der Waals surface area contributed by atoms with E-state index in [1.165, 1.54) is 12.8 Å². The standard InChI is InChI=1S/C17H23NO3S/c1-2-22-15-9-5-8-14(15)18-16(19)11-10-12-6-3-4-7-13(12)17(20)21/h3-4,6-7,14-15H,2,5,8-11H2,1H3,(H,18,19)(H,20,21). The van der Waals surface area contributed by atoms with E-state index in [9.17, 15) is 9.59 Å². The van der Waals surface area contributed by atoms with Gasteiger partial charge in [0.2, 0.25) is 5.91 Å². The molecular weight excluding hydrogens is 298 g/mol. The third-order valence-corrected chi connectivity index (χ3v) is 5.37. The van der Waals surface area contributed by atoms with E-state index in [0.29, 0.717) is 18.1 Å². The summed E-state index contributed by atoms with van der Waals surface area (Å²) in [6.45, 7) is 2.14. The lowest BCUT2D eigenvalue weighted by Crippen LogP contribution is -2.38. The Bertz CT molecular complexity index is 532. The molecule has 0 radical (unpaired) electrons. The van der Waals surface area contributed by atoms with E-state index >= 15 is 0 Å². The smallest absolute Gasteiger partial charge is 0.335 e. The molecule has 1 aromatic rings. The normalized spacial score (nSPS) is 20.8. The first-order valence-electron chi connectivity index (χ1n) is 7.84. The number of hydrogen-bond acceptors (Lipinski definition) is 3. The van der Waals surface area contributed by atoms with Crippen LogP contribution >= 0.6 is 11.8 Å². The van der Waals surface area contributed by atoms with E-state index < -0.39 is 5.97 Å². The molecule has 2 atom stereocenters. The van der Waals surface area contributed by atoms with Gasteiger partial charge in [-0.2, -0.15) is 11.8 Å². The summed E-state index contributed by atoms with van der Waals surface area (Å²) in [5, 5.41) is 12.8. The average Bonchev–Trinajstić information content (AvgIpc) is 2.93. The number of aryl methyl sites for hydroxylation is 1. The van der Waals surface area contributed by atoms with Crippen molar-refractivity contribution in [3.05, 3.63) is 35.4 Å². The van der Waals surface area contributed by atoms with Gasteiger partial charge in [-0.3, -0.25) is 4.79 Å². The van der Waals surface area contributed by atoms with Crippen molar-refractivity contribution in [3.63, 3.8) is 0 Å². The van der Waals surface area contributed by atoms with E-state index in [1.54, 1.807) is 18.2 Å². The molecule has 1 aliphatic rings. The van der Waals surface area contributed by atoms with Crippen LogP contribution in [-0.4, -0.2) is 34.0 Å². The van der Waals surface area contributed by atoms with Gasteiger partial charge in [-0.05, 0) is 36.6 Å². The van der Waals surface area contributed by atoms with Crippen molar-refractivity contribution in [1.29, 1.82) is 0 Å². The number of amides is 1. The van der Waals surface area contributed by atoms with Crippen LogP contribution < -0.4 is 5.32 Å². The summed E-state index contributed by atoms with van der Waals surface area (Å²) in [6, 6.07) is 7.15. The minimum Gasteiger partial charge on any atom is -0.478 e. The number of benzene rings is 1. The van der Waals surface area contributed by atoms with E-state index in [0.717, 1.165) is 17.7 Å². The Morgan fingerprint density at radius 3 is 2.82 bits per heavy atom. The Hall–Kier alpha value is -1.49. The second kappa shape index (κ2) is 8.22. The van der Waals surface area contributed by atoms with Crippen LogP contribution in [0.3, 0.4) is 0 Å². The minimum atomic E-state index is -0.939. The molecule has 1 aliphatic carbocycles. The van der Waals surface area contributed by atoms with Crippen LogP contribution in [0.5, 0.6) is 0 Å². The Morgan fingerprint density at radius 1 is 1.32 bits per heavy atom. The maximum atomic E-state index is 12.1. The summed E-state index contributed by atoms with van der Waals surface area (Å²) < 4.78 is 0. The van der Waals surface area contributed by atoms with Gasteiger partial charge >= 0.3 is 5.97 Å². The molecule has 0 bridgehead atoms. The van der Waals surface area contributed by atoms with Crippen LogP contribution in [0.4, 0.5) is 0 Å². The molecule has 0 aromatic heterocycles. The Kier molecular flexibility index (Phi) is 6.31. The molecule has 4 nitrogen and oxygen atoms in total.